The van der Waals surface area contributed by atoms with E-state index in [1.165, 1.54) is 37.4 Å². The van der Waals surface area contributed by atoms with Gasteiger partial charge < -0.3 is 10.1 Å². The summed E-state index contributed by atoms with van der Waals surface area (Å²) in [4.78, 5) is 28.4. The first kappa shape index (κ1) is 24.0. The molecule has 0 saturated heterocycles. The molecule has 3 rings (SSSR count). The van der Waals surface area contributed by atoms with Gasteiger partial charge in [-0.15, -0.1) is 11.3 Å². The highest BCUT2D eigenvalue weighted by Crippen LogP contribution is 2.21. The molecule has 172 valence electrons. The van der Waals surface area contributed by atoms with Gasteiger partial charge in [0.25, 0.3) is 15.9 Å². The van der Waals surface area contributed by atoms with Crippen LogP contribution in [0.4, 0.5) is 16.5 Å². The third-order valence-electron chi connectivity index (χ3n) is 4.16. The largest absolute Gasteiger partial charge is 0.494 e. The fraction of sp³-hybridized carbons (Fsp3) is 0.190. The number of anilines is 2. The number of Topliss-reactive ketones (excluding diaryl/α,β-unsaturated/α-hetero) is 1. The Hall–Kier alpha value is -3.64. The van der Waals surface area contributed by atoms with Gasteiger partial charge in [0.15, 0.2) is 10.9 Å². The molecule has 0 fully saturated rings. The molecule has 0 aliphatic rings. The molecule has 0 aliphatic carbocycles. The van der Waals surface area contributed by atoms with Crippen molar-refractivity contribution in [2.24, 2.45) is 10.2 Å². The van der Waals surface area contributed by atoms with Crippen molar-refractivity contribution in [2.45, 2.75) is 24.8 Å². The summed E-state index contributed by atoms with van der Waals surface area (Å²) >= 11 is 1.16. The zero-order valence-corrected chi connectivity index (χ0v) is 19.4. The maximum Gasteiger partial charge on any atom is 0.263 e. The maximum atomic E-state index is 12.5. The lowest BCUT2D eigenvalue weighted by atomic mass is 10.2. The minimum Gasteiger partial charge on any atom is -0.494 e. The highest BCUT2D eigenvalue weighted by molar-refractivity contribution is 7.93. The van der Waals surface area contributed by atoms with Crippen molar-refractivity contribution in [3.63, 3.8) is 0 Å². The number of hydrogen-bond acceptors (Lipinski definition) is 9. The Bertz CT molecular complexity index is 1230. The number of sulfonamides is 1. The molecule has 12 heteroatoms. The number of azo groups is 1. The highest BCUT2D eigenvalue weighted by Gasteiger charge is 2.23. The first-order chi connectivity index (χ1) is 15.8. The lowest BCUT2D eigenvalue weighted by Gasteiger charge is -2.10. The van der Waals surface area contributed by atoms with Crippen molar-refractivity contribution in [2.75, 3.05) is 16.6 Å². The minimum atomic E-state index is -3.80. The number of nitrogens with zero attached hydrogens (tertiary/aromatic N) is 3. The van der Waals surface area contributed by atoms with Crippen LogP contribution < -0.4 is 14.8 Å². The van der Waals surface area contributed by atoms with Crippen LogP contribution in [-0.2, 0) is 19.6 Å². The SMILES string of the molecule is CCOc1ccc(NC(=O)[C@H](N=Nc2ccc(S(=O)(=O)Nc3nccs3)cc2)C(C)=O)cc1. The van der Waals surface area contributed by atoms with Crippen molar-refractivity contribution >= 4 is 49.6 Å². The summed E-state index contributed by atoms with van der Waals surface area (Å²) < 4.78 is 32.5. The number of rotatable bonds is 10. The fourth-order valence-corrected chi connectivity index (χ4v) is 4.38. The van der Waals surface area contributed by atoms with Gasteiger partial charge in [-0.05, 0) is 62.4 Å². The molecule has 0 spiro atoms. The number of benzene rings is 2. The lowest BCUT2D eigenvalue weighted by molar-refractivity contribution is -0.126. The topological polar surface area (TPSA) is 139 Å². The molecule has 2 N–H and O–H groups in total. The van der Waals surface area contributed by atoms with E-state index >= 15 is 0 Å². The molecule has 0 aliphatic heterocycles. The molecule has 1 atom stereocenters. The fourth-order valence-electron chi connectivity index (χ4n) is 2.59. The van der Waals surface area contributed by atoms with Crippen molar-refractivity contribution < 1.29 is 22.7 Å². The Morgan fingerprint density at radius 2 is 1.82 bits per heavy atom. The number of hydrogen-bond donors (Lipinski definition) is 2. The van der Waals surface area contributed by atoms with Gasteiger partial charge >= 0.3 is 0 Å². The molecule has 1 amide bonds. The van der Waals surface area contributed by atoms with E-state index in [9.17, 15) is 18.0 Å². The molecule has 10 nitrogen and oxygen atoms in total. The molecule has 0 radical (unpaired) electrons. The predicted molar refractivity (Wildman–Crippen MR) is 125 cm³/mol. The Balaban J connectivity index is 1.67. The number of aromatic nitrogens is 1. The van der Waals surface area contributed by atoms with Gasteiger partial charge in [-0.3, -0.25) is 14.3 Å². The monoisotopic (exact) mass is 487 g/mol. The van der Waals surface area contributed by atoms with Crippen LogP contribution in [0.1, 0.15) is 13.8 Å². The van der Waals surface area contributed by atoms with Gasteiger partial charge in [-0.1, -0.05) is 0 Å². The number of amides is 1. The molecule has 3 aromatic rings. The molecule has 0 bridgehead atoms. The van der Waals surface area contributed by atoms with Crippen molar-refractivity contribution in [3.05, 3.63) is 60.1 Å². The first-order valence-electron chi connectivity index (χ1n) is 9.76. The van der Waals surface area contributed by atoms with E-state index in [1.54, 1.807) is 29.6 Å². The van der Waals surface area contributed by atoms with E-state index in [4.69, 9.17) is 4.74 Å². The van der Waals surface area contributed by atoms with E-state index < -0.39 is 27.8 Å². The van der Waals surface area contributed by atoms with E-state index in [2.05, 4.69) is 25.3 Å². The average Bonchev–Trinajstić information content (AvgIpc) is 3.28. The third-order valence-corrected chi connectivity index (χ3v) is 6.33. The van der Waals surface area contributed by atoms with Crippen LogP contribution in [0.2, 0.25) is 0 Å². The van der Waals surface area contributed by atoms with Crippen LogP contribution in [0.5, 0.6) is 5.75 Å². The quantitative estimate of drug-likeness (QED) is 0.327. The van der Waals surface area contributed by atoms with Gasteiger partial charge in [0, 0.05) is 17.3 Å². The van der Waals surface area contributed by atoms with Crippen molar-refractivity contribution in [1.82, 2.24) is 4.98 Å². The number of carbonyl (C=O) groups is 2. The predicted octanol–water partition coefficient (Wildman–Crippen LogP) is 4.02. The molecule has 1 aromatic heterocycles. The normalized spacial score (nSPS) is 12.3. The number of ether oxygens (including phenoxy) is 1. The van der Waals surface area contributed by atoms with Crippen molar-refractivity contribution in [3.8, 4) is 5.75 Å². The number of thiazole rings is 1. The van der Waals surface area contributed by atoms with Gasteiger partial charge in [0.2, 0.25) is 6.04 Å². The summed E-state index contributed by atoms with van der Waals surface area (Å²) in [5, 5.41) is 12.3. The third kappa shape index (κ3) is 6.67. The van der Waals surface area contributed by atoms with Gasteiger partial charge in [-0.2, -0.15) is 10.2 Å². The van der Waals surface area contributed by atoms with Crippen LogP contribution in [0.3, 0.4) is 0 Å². The second kappa shape index (κ2) is 10.8. The molecular formula is C21H21N5O5S2. The van der Waals surface area contributed by atoms with E-state index in [1.807, 2.05) is 6.92 Å². The van der Waals surface area contributed by atoms with E-state index in [0.29, 0.717) is 18.0 Å². The van der Waals surface area contributed by atoms with Gasteiger partial charge in [0.05, 0.1) is 17.2 Å². The zero-order valence-electron chi connectivity index (χ0n) is 17.8. The summed E-state index contributed by atoms with van der Waals surface area (Å²) in [6.07, 6.45) is 1.49. The number of nitrogens with one attached hydrogen (secondary N) is 2. The van der Waals surface area contributed by atoms with Crippen LogP contribution in [0.15, 0.2) is 75.2 Å². The first-order valence-corrected chi connectivity index (χ1v) is 12.1. The van der Waals surface area contributed by atoms with E-state index in [0.717, 1.165) is 11.3 Å². The smallest absolute Gasteiger partial charge is 0.263 e. The van der Waals surface area contributed by atoms with Crippen LogP contribution in [-0.4, -0.2) is 37.7 Å². The summed E-state index contributed by atoms with van der Waals surface area (Å²) in [6, 6.07) is 10.9. The second-order valence-corrected chi connectivity index (χ2v) is 9.19. The highest BCUT2D eigenvalue weighted by atomic mass is 32.2. The van der Waals surface area contributed by atoms with Crippen LogP contribution in [0, 0.1) is 0 Å². The summed E-state index contributed by atoms with van der Waals surface area (Å²) in [7, 11) is -3.80. The molecule has 33 heavy (non-hydrogen) atoms. The van der Waals surface area contributed by atoms with Crippen LogP contribution in [0.25, 0.3) is 0 Å². The lowest BCUT2D eigenvalue weighted by Crippen LogP contribution is -2.31. The van der Waals surface area contributed by atoms with Crippen LogP contribution >= 0.6 is 11.3 Å². The molecule has 0 saturated carbocycles. The Kier molecular flexibility index (Phi) is 7.85. The molecule has 2 aromatic carbocycles. The van der Waals surface area contributed by atoms with Gasteiger partial charge in [0.1, 0.15) is 5.75 Å². The molecule has 0 unspecified atom stereocenters. The zero-order chi connectivity index (χ0) is 23.8. The summed E-state index contributed by atoms with van der Waals surface area (Å²) in [5.74, 6) is -0.470. The molecule has 1 heterocycles. The number of carbonyl (C=O) groups excluding carboxylic acids is 2. The minimum absolute atomic E-state index is 0.00742. The summed E-state index contributed by atoms with van der Waals surface area (Å²) in [5.41, 5.74) is 0.760. The molecular weight excluding hydrogens is 466 g/mol. The van der Waals surface area contributed by atoms with Gasteiger partial charge in [-0.25, -0.2) is 13.4 Å². The van der Waals surface area contributed by atoms with E-state index in [-0.39, 0.29) is 15.7 Å². The summed E-state index contributed by atoms with van der Waals surface area (Å²) in [6.45, 7) is 3.62. The number of ketones is 1. The maximum absolute atomic E-state index is 12.5. The Morgan fingerprint density at radius 1 is 1.12 bits per heavy atom. The van der Waals surface area contributed by atoms with Crippen molar-refractivity contribution in [1.29, 1.82) is 0 Å². The Labute approximate surface area is 194 Å². The Morgan fingerprint density at radius 3 is 2.39 bits per heavy atom. The standard InChI is InChI=1S/C21H21N5O5S2/c1-3-31-17-8-4-15(5-9-17)23-20(28)19(14(2)27)25-24-16-6-10-18(11-7-16)33(29,30)26-21-22-12-13-32-21/h4-13,19H,3H2,1-2H3,(H,22,26)(H,23,28)/t19-/m1/s1. The average molecular weight is 488 g/mol. The second-order valence-electron chi connectivity index (χ2n) is 6.61.